The summed E-state index contributed by atoms with van der Waals surface area (Å²) in [4.78, 5) is 0. The number of halogens is 2. The van der Waals surface area contributed by atoms with Gasteiger partial charge in [0.15, 0.2) is 0 Å². The lowest BCUT2D eigenvalue weighted by atomic mass is 10.3. The van der Waals surface area contributed by atoms with Gasteiger partial charge >= 0.3 is 0 Å². The fourth-order valence-electron chi connectivity index (χ4n) is 1.19. The van der Waals surface area contributed by atoms with E-state index in [0.29, 0.717) is 6.04 Å². The van der Waals surface area contributed by atoms with Crippen LogP contribution in [0.1, 0.15) is 12.8 Å². The molecule has 0 aromatic carbocycles. The minimum Gasteiger partial charge on any atom is -0.308 e. The van der Waals surface area contributed by atoms with Gasteiger partial charge < -0.3 is 5.32 Å². The molecule has 1 aliphatic rings. The summed E-state index contributed by atoms with van der Waals surface area (Å²) >= 11 is 0. The first-order valence-electron chi connectivity index (χ1n) is 4.61. The summed E-state index contributed by atoms with van der Waals surface area (Å²) in [6, 6.07) is 0.302. The van der Waals surface area contributed by atoms with Crippen LogP contribution in [0.2, 0.25) is 0 Å². The maximum atomic E-state index is 13.2. The van der Waals surface area contributed by atoms with Crippen LogP contribution in [0, 0.1) is 0 Å². The Bertz CT molecular complexity index is 282. The Morgan fingerprint density at radius 2 is 2.29 bits per heavy atom. The van der Waals surface area contributed by atoms with Gasteiger partial charge in [0.05, 0.1) is 12.7 Å². The van der Waals surface area contributed by atoms with Gasteiger partial charge in [0.1, 0.15) is 6.54 Å². The number of nitrogens with zero attached hydrogens (tertiary/aromatic N) is 3. The lowest BCUT2D eigenvalue weighted by Gasteiger charge is -2.16. The van der Waals surface area contributed by atoms with Crippen molar-refractivity contribution in [1.82, 2.24) is 20.3 Å². The summed E-state index contributed by atoms with van der Waals surface area (Å²) < 4.78 is 27.6. The molecule has 0 unspecified atom stereocenters. The second-order valence-corrected chi connectivity index (χ2v) is 3.61. The minimum atomic E-state index is -2.75. The number of hydrogen-bond acceptors (Lipinski definition) is 3. The van der Waals surface area contributed by atoms with Crippen LogP contribution in [0.4, 0.5) is 8.78 Å². The average molecular weight is 202 g/mol. The number of aromatic nitrogens is 3. The summed E-state index contributed by atoms with van der Waals surface area (Å²) in [6.07, 6.45) is 4.86. The quantitative estimate of drug-likeness (QED) is 0.763. The lowest BCUT2D eigenvalue weighted by Crippen LogP contribution is -2.37. The van der Waals surface area contributed by atoms with Crippen molar-refractivity contribution in [3.8, 4) is 0 Å². The van der Waals surface area contributed by atoms with E-state index in [2.05, 4.69) is 15.6 Å². The summed E-state index contributed by atoms with van der Waals surface area (Å²) in [5.41, 5.74) is 0. The molecule has 0 amide bonds. The van der Waals surface area contributed by atoms with Crippen LogP contribution in [0.3, 0.4) is 0 Å². The van der Waals surface area contributed by atoms with Crippen molar-refractivity contribution in [3.63, 3.8) is 0 Å². The summed E-state index contributed by atoms with van der Waals surface area (Å²) in [7, 11) is 0. The first-order chi connectivity index (χ1) is 6.66. The van der Waals surface area contributed by atoms with E-state index < -0.39 is 12.5 Å². The van der Waals surface area contributed by atoms with Crippen LogP contribution in [0.15, 0.2) is 12.4 Å². The molecule has 1 aromatic heterocycles. The third kappa shape index (κ3) is 2.73. The molecule has 78 valence electrons. The fraction of sp³-hybridized carbons (Fsp3) is 0.750. The van der Waals surface area contributed by atoms with E-state index >= 15 is 0 Å². The predicted molar refractivity (Wildman–Crippen MR) is 46.0 cm³/mol. The molecule has 1 heterocycles. The molecule has 1 saturated carbocycles. The van der Waals surface area contributed by atoms with E-state index in [0.717, 1.165) is 17.5 Å². The van der Waals surface area contributed by atoms with Gasteiger partial charge in [-0.2, -0.15) is 0 Å². The highest BCUT2D eigenvalue weighted by atomic mass is 19.3. The van der Waals surface area contributed by atoms with Gasteiger partial charge in [-0.1, -0.05) is 5.21 Å². The zero-order valence-electron chi connectivity index (χ0n) is 7.66. The van der Waals surface area contributed by atoms with Gasteiger partial charge in [0, 0.05) is 12.2 Å². The van der Waals surface area contributed by atoms with Gasteiger partial charge in [-0.3, -0.25) is 0 Å². The van der Waals surface area contributed by atoms with Crippen molar-refractivity contribution >= 4 is 0 Å². The third-order valence-corrected chi connectivity index (χ3v) is 2.09. The zero-order valence-corrected chi connectivity index (χ0v) is 7.66. The van der Waals surface area contributed by atoms with Crippen LogP contribution in [-0.4, -0.2) is 33.5 Å². The molecule has 14 heavy (non-hydrogen) atoms. The number of alkyl halides is 2. The smallest absolute Gasteiger partial charge is 0.279 e. The molecule has 1 N–H and O–H groups in total. The Labute approximate surface area is 80.3 Å². The molecule has 1 fully saturated rings. The third-order valence-electron chi connectivity index (χ3n) is 2.09. The first kappa shape index (κ1) is 9.51. The molecule has 2 rings (SSSR count). The van der Waals surface area contributed by atoms with E-state index in [9.17, 15) is 8.78 Å². The zero-order chi connectivity index (χ0) is 10.0. The maximum absolute atomic E-state index is 13.2. The summed E-state index contributed by atoms with van der Waals surface area (Å²) in [5.74, 6) is -2.75. The first-order valence-corrected chi connectivity index (χ1v) is 4.61. The Morgan fingerprint density at radius 3 is 2.86 bits per heavy atom. The molecule has 1 aliphatic carbocycles. The predicted octanol–water partition coefficient (Wildman–Crippen LogP) is 0.665. The van der Waals surface area contributed by atoms with Crippen molar-refractivity contribution in [1.29, 1.82) is 0 Å². The Balaban J connectivity index is 1.81. The SMILES string of the molecule is FC(F)(CNC1CC1)Cn1ccnn1. The van der Waals surface area contributed by atoms with Crippen molar-refractivity contribution in [2.45, 2.75) is 31.4 Å². The van der Waals surface area contributed by atoms with Crippen molar-refractivity contribution < 1.29 is 8.78 Å². The normalized spacial score (nSPS) is 17.3. The summed E-state index contributed by atoms with van der Waals surface area (Å²) in [5, 5.41) is 9.77. The second-order valence-electron chi connectivity index (χ2n) is 3.61. The number of nitrogens with one attached hydrogen (secondary N) is 1. The van der Waals surface area contributed by atoms with E-state index in [4.69, 9.17) is 0 Å². The Kier molecular flexibility index (Phi) is 2.45. The highest BCUT2D eigenvalue weighted by Crippen LogP contribution is 2.21. The van der Waals surface area contributed by atoms with E-state index in [1.807, 2.05) is 0 Å². The molecule has 0 radical (unpaired) electrons. The van der Waals surface area contributed by atoms with E-state index in [1.54, 1.807) is 0 Å². The van der Waals surface area contributed by atoms with Gasteiger partial charge in [-0.15, -0.1) is 5.10 Å². The molecular weight excluding hydrogens is 190 g/mol. The molecule has 0 aliphatic heterocycles. The summed E-state index contributed by atoms with van der Waals surface area (Å²) in [6.45, 7) is -0.690. The van der Waals surface area contributed by atoms with Crippen LogP contribution < -0.4 is 5.32 Å². The minimum absolute atomic E-state index is 0.280. The second kappa shape index (κ2) is 3.61. The highest BCUT2D eigenvalue weighted by molar-refractivity contribution is 4.84. The van der Waals surface area contributed by atoms with Crippen LogP contribution in [0.25, 0.3) is 0 Å². The molecule has 0 atom stereocenters. The van der Waals surface area contributed by atoms with Gasteiger partial charge in [-0.25, -0.2) is 13.5 Å². The maximum Gasteiger partial charge on any atom is 0.279 e. The average Bonchev–Trinajstić information content (AvgIpc) is 2.82. The van der Waals surface area contributed by atoms with Crippen molar-refractivity contribution in [2.75, 3.05) is 6.54 Å². The van der Waals surface area contributed by atoms with Crippen LogP contribution in [-0.2, 0) is 6.54 Å². The molecule has 1 aromatic rings. The molecular formula is C8H12F2N4. The lowest BCUT2D eigenvalue weighted by molar-refractivity contribution is -0.0186. The highest BCUT2D eigenvalue weighted by Gasteiger charge is 2.32. The largest absolute Gasteiger partial charge is 0.308 e. The van der Waals surface area contributed by atoms with Gasteiger partial charge in [-0.05, 0) is 12.8 Å². The Hall–Kier alpha value is -1.04. The monoisotopic (exact) mass is 202 g/mol. The molecule has 4 nitrogen and oxygen atoms in total. The van der Waals surface area contributed by atoms with Crippen LogP contribution in [0.5, 0.6) is 0 Å². The van der Waals surface area contributed by atoms with Crippen LogP contribution >= 0.6 is 0 Å². The van der Waals surface area contributed by atoms with Crippen molar-refractivity contribution in [2.24, 2.45) is 0 Å². The fourth-order valence-corrected chi connectivity index (χ4v) is 1.19. The van der Waals surface area contributed by atoms with Crippen molar-refractivity contribution in [3.05, 3.63) is 12.4 Å². The molecule has 0 bridgehead atoms. The standard InChI is InChI=1S/C8H12F2N4/c9-8(10,5-11-7-1-2-7)6-14-4-3-12-13-14/h3-4,7,11H,1-2,5-6H2. The van der Waals surface area contributed by atoms with E-state index in [-0.39, 0.29) is 6.54 Å². The number of hydrogen-bond donors (Lipinski definition) is 1. The van der Waals surface area contributed by atoms with Gasteiger partial charge in [0.25, 0.3) is 5.92 Å². The van der Waals surface area contributed by atoms with E-state index in [1.165, 1.54) is 12.4 Å². The Morgan fingerprint density at radius 1 is 1.50 bits per heavy atom. The molecule has 6 heteroatoms. The molecule has 0 saturated heterocycles. The topological polar surface area (TPSA) is 42.7 Å². The van der Waals surface area contributed by atoms with Gasteiger partial charge in [0.2, 0.25) is 0 Å². The number of rotatable bonds is 5. The molecule has 0 spiro atoms.